The summed E-state index contributed by atoms with van der Waals surface area (Å²) in [5, 5.41) is 0. The first kappa shape index (κ1) is 18.4. The molecule has 1 aromatic carbocycles. The molecule has 0 bridgehead atoms. The van der Waals surface area contributed by atoms with Crippen LogP contribution in [0.1, 0.15) is 24.0 Å². The molecular weight excluding hydrogens is 340 g/mol. The second-order valence-electron chi connectivity index (χ2n) is 7.55. The molecule has 0 saturated carbocycles. The van der Waals surface area contributed by atoms with Crippen LogP contribution < -0.4 is 4.74 Å². The first-order valence-electron chi connectivity index (χ1n) is 9.74. The molecular formula is C22H28N2O3. The Hall–Kier alpha value is -1.95. The van der Waals surface area contributed by atoms with E-state index in [9.17, 15) is 0 Å². The van der Waals surface area contributed by atoms with Crippen LogP contribution in [0, 0.1) is 5.92 Å². The first-order valence-corrected chi connectivity index (χ1v) is 9.74. The molecule has 2 aromatic rings. The highest BCUT2D eigenvalue weighted by molar-refractivity contribution is 5.33. The fourth-order valence-corrected chi connectivity index (χ4v) is 4.33. The lowest BCUT2D eigenvalue weighted by molar-refractivity contribution is -0.139. The molecule has 0 amide bonds. The van der Waals surface area contributed by atoms with Crippen molar-refractivity contribution < 1.29 is 14.2 Å². The molecule has 27 heavy (non-hydrogen) atoms. The van der Waals surface area contributed by atoms with Crippen LogP contribution in [0.3, 0.4) is 0 Å². The van der Waals surface area contributed by atoms with Crippen molar-refractivity contribution in [3.05, 3.63) is 59.9 Å². The van der Waals surface area contributed by atoms with Crippen LogP contribution in [0.25, 0.3) is 0 Å². The van der Waals surface area contributed by atoms with Crippen LogP contribution in [0.15, 0.2) is 48.8 Å². The zero-order valence-corrected chi connectivity index (χ0v) is 16.0. The van der Waals surface area contributed by atoms with E-state index in [1.165, 1.54) is 11.1 Å². The zero-order valence-electron chi connectivity index (χ0n) is 16.0. The molecule has 2 aliphatic rings. The molecule has 0 N–H and O–H groups in total. The molecule has 0 unspecified atom stereocenters. The van der Waals surface area contributed by atoms with Crippen molar-refractivity contribution in [3.8, 4) is 5.75 Å². The van der Waals surface area contributed by atoms with Crippen molar-refractivity contribution in [1.82, 2.24) is 9.88 Å². The Morgan fingerprint density at radius 3 is 2.81 bits per heavy atom. The monoisotopic (exact) mass is 368 g/mol. The van der Waals surface area contributed by atoms with Crippen LogP contribution in [0.2, 0.25) is 0 Å². The van der Waals surface area contributed by atoms with E-state index < -0.39 is 0 Å². The number of rotatable bonds is 8. The number of hydrogen-bond acceptors (Lipinski definition) is 5. The van der Waals surface area contributed by atoms with Gasteiger partial charge in [-0.1, -0.05) is 18.2 Å². The number of methoxy groups -OCH3 is 1. The Kier molecular flexibility index (Phi) is 5.72. The van der Waals surface area contributed by atoms with Gasteiger partial charge in [0, 0.05) is 50.8 Å². The summed E-state index contributed by atoms with van der Waals surface area (Å²) >= 11 is 0. The average molecular weight is 368 g/mol. The second kappa shape index (κ2) is 8.38. The lowest BCUT2D eigenvalue weighted by Gasteiger charge is -2.50. The van der Waals surface area contributed by atoms with E-state index in [2.05, 4.69) is 22.0 Å². The molecule has 1 aromatic heterocycles. The summed E-state index contributed by atoms with van der Waals surface area (Å²) in [4.78, 5) is 6.49. The average Bonchev–Trinajstić information content (AvgIpc) is 3.10. The van der Waals surface area contributed by atoms with Crippen LogP contribution in [0.5, 0.6) is 5.75 Å². The highest BCUT2D eigenvalue weighted by Crippen LogP contribution is 2.42. The fourth-order valence-electron chi connectivity index (χ4n) is 4.33. The molecule has 5 heteroatoms. The molecule has 2 saturated heterocycles. The van der Waals surface area contributed by atoms with E-state index in [1.807, 2.05) is 36.7 Å². The van der Waals surface area contributed by atoms with E-state index in [1.54, 1.807) is 7.11 Å². The summed E-state index contributed by atoms with van der Waals surface area (Å²) in [5.41, 5.74) is 2.45. The summed E-state index contributed by atoms with van der Waals surface area (Å²) in [5.74, 6) is 1.55. The summed E-state index contributed by atoms with van der Waals surface area (Å²) in [6.07, 6.45) is 5.82. The third-order valence-corrected chi connectivity index (χ3v) is 5.80. The fraction of sp³-hybridized carbons (Fsp3) is 0.500. The molecule has 4 rings (SSSR count). The Labute approximate surface area is 161 Å². The van der Waals surface area contributed by atoms with Crippen LogP contribution in [0.4, 0.5) is 0 Å². The third-order valence-electron chi connectivity index (χ3n) is 5.80. The minimum Gasteiger partial charge on any atom is -0.496 e. The van der Waals surface area contributed by atoms with Crippen molar-refractivity contribution in [2.75, 3.05) is 33.4 Å². The summed E-state index contributed by atoms with van der Waals surface area (Å²) in [6, 6.07) is 12.3. The Balaban J connectivity index is 1.24. The van der Waals surface area contributed by atoms with Gasteiger partial charge in [-0.3, -0.25) is 9.88 Å². The van der Waals surface area contributed by atoms with Crippen molar-refractivity contribution >= 4 is 0 Å². The van der Waals surface area contributed by atoms with Gasteiger partial charge in [0.2, 0.25) is 0 Å². The van der Waals surface area contributed by atoms with E-state index in [0.29, 0.717) is 12.5 Å². The number of pyridine rings is 1. The zero-order chi connectivity index (χ0) is 18.5. The lowest BCUT2D eigenvalue weighted by Crippen LogP contribution is -2.64. The van der Waals surface area contributed by atoms with E-state index in [4.69, 9.17) is 14.2 Å². The molecule has 0 aliphatic carbocycles. The number of aromatic nitrogens is 1. The van der Waals surface area contributed by atoms with Gasteiger partial charge in [0.15, 0.2) is 0 Å². The predicted octanol–water partition coefficient (Wildman–Crippen LogP) is 3.29. The van der Waals surface area contributed by atoms with Crippen molar-refractivity contribution in [3.63, 3.8) is 0 Å². The van der Waals surface area contributed by atoms with Gasteiger partial charge in [0.25, 0.3) is 0 Å². The van der Waals surface area contributed by atoms with Gasteiger partial charge in [-0.15, -0.1) is 0 Å². The highest BCUT2D eigenvalue weighted by Gasteiger charge is 2.52. The Morgan fingerprint density at radius 2 is 2.00 bits per heavy atom. The second-order valence-corrected chi connectivity index (χ2v) is 7.55. The number of nitrogens with zero attached hydrogens (tertiary/aromatic N) is 2. The number of hydrogen-bond donors (Lipinski definition) is 0. The van der Waals surface area contributed by atoms with Crippen LogP contribution in [-0.4, -0.2) is 48.9 Å². The number of ether oxygens (including phenoxy) is 3. The van der Waals surface area contributed by atoms with Crippen molar-refractivity contribution in [1.29, 1.82) is 0 Å². The standard InChI is InChI=1S/C22H28N2O3/c1-25-21-5-3-2-4-19(21)14-24-16-22(17-24)20(9-13-27-22)8-12-26-15-18-6-10-23-11-7-18/h2-7,10-11,20H,8-9,12-17H2,1H3/t20-/m1/s1. The SMILES string of the molecule is COc1ccccc1CN1CC2(C1)OCC[C@H]2CCOCc1ccncc1. The molecule has 5 nitrogen and oxygen atoms in total. The maximum atomic E-state index is 6.19. The molecule has 3 heterocycles. The Morgan fingerprint density at radius 1 is 1.19 bits per heavy atom. The number of likely N-dealkylation sites (tertiary alicyclic amines) is 1. The van der Waals surface area contributed by atoms with Gasteiger partial charge in [-0.2, -0.15) is 0 Å². The third kappa shape index (κ3) is 4.15. The van der Waals surface area contributed by atoms with Gasteiger partial charge in [-0.05, 0) is 42.5 Å². The molecule has 2 aliphatic heterocycles. The lowest BCUT2D eigenvalue weighted by atomic mass is 9.79. The normalized spacial score (nSPS) is 21.3. The molecule has 1 atom stereocenters. The minimum absolute atomic E-state index is 0.0298. The van der Waals surface area contributed by atoms with E-state index >= 15 is 0 Å². The minimum atomic E-state index is 0.0298. The molecule has 1 spiro atoms. The van der Waals surface area contributed by atoms with Crippen molar-refractivity contribution in [2.24, 2.45) is 5.92 Å². The quantitative estimate of drug-likeness (QED) is 0.669. The van der Waals surface area contributed by atoms with Gasteiger partial charge in [0.1, 0.15) is 5.75 Å². The Bertz CT molecular complexity index is 731. The molecule has 144 valence electrons. The van der Waals surface area contributed by atoms with Gasteiger partial charge < -0.3 is 14.2 Å². The van der Waals surface area contributed by atoms with E-state index in [0.717, 1.165) is 51.4 Å². The number of benzene rings is 1. The summed E-state index contributed by atoms with van der Waals surface area (Å²) in [7, 11) is 1.73. The molecule has 2 fully saturated rings. The van der Waals surface area contributed by atoms with Gasteiger partial charge in [-0.25, -0.2) is 0 Å². The van der Waals surface area contributed by atoms with Crippen LogP contribution >= 0.6 is 0 Å². The largest absolute Gasteiger partial charge is 0.496 e. The van der Waals surface area contributed by atoms with Gasteiger partial charge >= 0.3 is 0 Å². The topological polar surface area (TPSA) is 43.8 Å². The first-order chi connectivity index (χ1) is 13.3. The van der Waals surface area contributed by atoms with Crippen LogP contribution in [-0.2, 0) is 22.6 Å². The summed E-state index contributed by atoms with van der Waals surface area (Å²) < 4.78 is 17.6. The maximum absolute atomic E-state index is 6.19. The maximum Gasteiger partial charge on any atom is 0.123 e. The van der Waals surface area contributed by atoms with E-state index in [-0.39, 0.29) is 5.60 Å². The predicted molar refractivity (Wildman–Crippen MR) is 104 cm³/mol. The highest BCUT2D eigenvalue weighted by atomic mass is 16.5. The van der Waals surface area contributed by atoms with Crippen molar-refractivity contribution in [2.45, 2.75) is 31.6 Å². The summed E-state index contributed by atoms with van der Waals surface area (Å²) in [6.45, 7) is 5.23. The van der Waals surface area contributed by atoms with Gasteiger partial charge in [0.05, 0.1) is 19.3 Å². The number of para-hydroxylation sites is 1. The smallest absolute Gasteiger partial charge is 0.123 e. The molecule has 0 radical (unpaired) electrons.